The summed E-state index contributed by atoms with van der Waals surface area (Å²) < 4.78 is 4.82. The van der Waals surface area contributed by atoms with E-state index < -0.39 is 6.61 Å². The van der Waals surface area contributed by atoms with Crippen molar-refractivity contribution in [1.29, 1.82) is 10.5 Å². The molecule has 4 heteroatoms. The predicted octanol–water partition coefficient (Wildman–Crippen LogP) is 0.316. The molecule has 0 unspecified atom stereocenters. The van der Waals surface area contributed by atoms with E-state index in [1.807, 2.05) is 0 Å². The minimum Gasteiger partial charge on any atom is -0.494 e. The standard InChI is InChI=1S/C7H8N2O2/c1-2-11-7(5-10)6(3-8)4-9/h10H,2,5H2,1H3. The molecule has 0 aromatic heterocycles. The molecule has 0 aliphatic carbocycles. The Kier molecular flexibility index (Phi) is 4.55. The lowest BCUT2D eigenvalue weighted by Crippen LogP contribution is -2.00. The average Bonchev–Trinajstić information content (AvgIpc) is 2.05. The summed E-state index contributed by atoms with van der Waals surface area (Å²) in [5.41, 5.74) is -0.172. The Hall–Kier alpha value is -1.52. The fourth-order valence-electron chi connectivity index (χ4n) is 0.521. The normalized spacial score (nSPS) is 7.64. The zero-order valence-electron chi connectivity index (χ0n) is 6.16. The van der Waals surface area contributed by atoms with Gasteiger partial charge >= 0.3 is 0 Å². The maximum atomic E-state index is 8.60. The minimum absolute atomic E-state index is 0.0394. The molecular weight excluding hydrogens is 144 g/mol. The molecule has 0 bridgehead atoms. The van der Waals surface area contributed by atoms with Crippen molar-refractivity contribution in [3.05, 3.63) is 11.3 Å². The van der Waals surface area contributed by atoms with E-state index in [2.05, 4.69) is 0 Å². The van der Waals surface area contributed by atoms with Crippen LogP contribution < -0.4 is 0 Å². The van der Waals surface area contributed by atoms with Crippen molar-refractivity contribution in [2.75, 3.05) is 13.2 Å². The monoisotopic (exact) mass is 152 g/mol. The number of hydrogen-bond acceptors (Lipinski definition) is 4. The van der Waals surface area contributed by atoms with Gasteiger partial charge in [0.25, 0.3) is 0 Å². The first-order valence-corrected chi connectivity index (χ1v) is 3.07. The highest BCUT2D eigenvalue weighted by Crippen LogP contribution is 2.02. The Balaban J connectivity index is 4.55. The number of nitriles is 2. The molecule has 0 aromatic carbocycles. The van der Waals surface area contributed by atoms with E-state index in [0.717, 1.165) is 0 Å². The molecule has 58 valence electrons. The van der Waals surface area contributed by atoms with E-state index in [1.54, 1.807) is 19.1 Å². The Morgan fingerprint density at radius 1 is 1.45 bits per heavy atom. The third-order valence-corrected chi connectivity index (χ3v) is 0.965. The average molecular weight is 152 g/mol. The van der Waals surface area contributed by atoms with Gasteiger partial charge in [-0.1, -0.05) is 0 Å². The molecule has 1 N–H and O–H groups in total. The summed E-state index contributed by atoms with van der Waals surface area (Å²) in [5, 5.41) is 25.3. The minimum atomic E-state index is -0.412. The molecule has 4 nitrogen and oxygen atoms in total. The second-order valence-corrected chi connectivity index (χ2v) is 1.61. The second kappa shape index (κ2) is 5.28. The summed E-state index contributed by atoms with van der Waals surface area (Å²) in [6, 6.07) is 3.24. The number of nitrogens with zero attached hydrogens (tertiary/aromatic N) is 2. The van der Waals surface area contributed by atoms with Crippen molar-refractivity contribution in [1.82, 2.24) is 0 Å². The van der Waals surface area contributed by atoms with Crippen molar-refractivity contribution in [2.45, 2.75) is 6.92 Å². The topological polar surface area (TPSA) is 77.0 Å². The molecule has 0 radical (unpaired) electrons. The molecule has 0 atom stereocenters. The SMILES string of the molecule is CCOC(CO)=C(C#N)C#N. The summed E-state index contributed by atoms with van der Waals surface area (Å²) in [6.45, 7) is 1.63. The lowest BCUT2D eigenvalue weighted by Gasteiger charge is -2.03. The summed E-state index contributed by atoms with van der Waals surface area (Å²) in [6.07, 6.45) is 0. The van der Waals surface area contributed by atoms with Crippen molar-refractivity contribution >= 4 is 0 Å². The van der Waals surface area contributed by atoms with Crippen LogP contribution in [-0.2, 0) is 4.74 Å². The zero-order valence-corrected chi connectivity index (χ0v) is 6.16. The number of hydrogen-bond donors (Lipinski definition) is 1. The summed E-state index contributed by atoms with van der Waals surface area (Å²) in [4.78, 5) is 0. The Morgan fingerprint density at radius 3 is 2.27 bits per heavy atom. The van der Waals surface area contributed by atoms with Crippen molar-refractivity contribution in [2.24, 2.45) is 0 Å². The number of aliphatic hydroxyl groups is 1. The van der Waals surface area contributed by atoms with Crippen molar-refractivity contribution < 1.29 is 9.84 Å². The van der Waals surface area contributed by atoms with E-state index in [1.165, 1.54) is 0 Å². The van der Waals surface area contributed by atoms with Crippen LogP contribution in [0.3, 0.4) is 0 Å². The Bertz CT molecular complexity index is 216. The number of allylic oxidation sites excluding steroid dienone is 1. The van der Waals surface area contributed by atoms with E-state index in [0.29, 0.717) is 6.61 Å². The molecule has 0 aliphatic heterocycles. The van der Waals surface area contributed by atoms with Gasteiger partial charge in [-0.25, -0.2) is 0 Å². The Labute approximate surface area is 64.9 Å². The van der Waals surface area contributed by atoms with Gasteiger partial charge in [0, 0.05) is 0 Å². The van der Waals surface area contributed by atoms with Crippen LogP contribution in [0.4, 0.5) is 0 Å². The fraction of sp³-hybridized carbons (Fsp3) is 0.429. The molecule has 0 rings (SSSR count). The highest BCUT2D eigenvalue weighted by molar-refractivity contribution is 5.37. The lowest BCUT2D eigenvalue weighted by molar-refractivity contribution is 0.170. The van der Waals surface area contributed by atoms with Crippen LogP contribution in [0.5, 0.6) is 0 Å². The van der Waals surface area contributed by atoms with Gasteiger partial charge in [-0.2, -0.15) is 10.5 Å². The third kappa shape index (κ3) is 2.70. The molecule has 0 aromatic rings. The van der Waals surface area contributed by atoms with Crippen molar-refractivity contribution in [3.63, 3.8) is 0 Å². The zero-order chi connectivity index (χ0) is 8.69. The molecule has 0 fully saturated rings. The maximum Gasteiger partial charge on any atom is 0.169 e. The van der Waals surface area contributed by atoms with E-state index >= 15 is 0 Å². The van der Waals surface area contributed by atoms with Gasteiger partial charge < -0.3 is 9.84 Å². The number of ether oxygens (including phenoxy) is 1. The summed E-state index contributed by atoms with van der Waals surface area (Å²) in [7, 11) is 0. The van der Waals surface area contributed by atoms with E-state index in [9.17, 15) is 0 Å². The second-order valence-electron chi connectivity index (χ2n) is 1.61. The van der Waals surface area contributed by atoms with Crippen LogP contribution >= 0.6 is 0 Å². The Morgan fingerprint density at radius 2 is 2.00 bits per heavy atom. The van der Waals surface area contributed by atoms with Crippen molar-refractivity contribution in [3.8, 4) is 12.1 Å². The van der Waals surface area contributed by atoms with Crippen LogP contribution in [0.25, 0.3) is 0 Å². The molecule has 0 amide bonds. The van der Waals surface area contributed by atoms with Crippen LogP contribution in [0, 0.1) is 22.7 Å². The van der Waals surface area contributed by atoms with Gasteiger partial charge in [0.15, 0.2) is 5.57 Å². The summed E-state index contributed by atoms with van der Waals surface area (Å²) in [5.74, 6) is 0.0394. The number of rotatable bonds is 3. The first-order valence-electron chi connectivity index (χ1n) is 3.07. The quantitative estimate of drug-likeness (QED) is 0.466. The first kappa shape index (κ1) is 9.48. The molecule has 0 aliphatic rings. The lowest BCUT2D eigenvalue weighted by atomic mass is 10.3. The summed E-state index contributed by atoms with van der Waals surface area (Å²) >= 11 is 0. The molecule has 0 saturated heterocycles. The van der Waals surface area contributed by atoms with Crippen LogP contribution in [0.1, 0.15) is 6.92 Å². The molecular formula is C7H8N2O2. The van der Waals surface area contributed by atoms with Crippen LogP contribution in [0.15, 0.2) is 11.3 Å². The third-order valence-electron chi connectivity index (χ3n) is 0.965. The number of aliphatic hydroxyl groups excluding tert-OH is 1. The van der Waals surface area contributed by atoms with Gasteiger partial charge in [0.2, 0.25) is 0 Å². The first-order chi connectivity index (χ1) is 5.29. The maximum absolute atomic E-state index is 8.60. The van der Waals surface area contributed by atoms with E-state index in [-0.39, 0.29) is 11.3 Å². The highest BCUT2D eigenvalue weighted by atomic mass is 16.5. The van der Waals surface area contributed by atoms with E-state index in [4.69, 9.17) is 20.4 Å². The molecule has 0 heterocycles. The molecule has 0 saturated carbocycles. The largest absolute Gasteiger partial charge is 0.494 e. The van der Waals surface area contributed by atoms with Gasteiger partial charge in [0.05, 0.1) is 6.61 Å². The van der Waals surface area contributed by atoms with Crippen LogP contribution in [-0.4, -0.2) is 18.3 Å². The van der Waals surface area contributed by atoms with Gasteiger partial charge in [-0.3, -0.25) is 0 Å². The fourth-order valence-corrected chi connectivity index (χ4v) is 0.521. The highest BCUT2D eigenvalue weighted by Gasteiger charge is 2.04. The predicted molar refractivity (Wildman–Crippen MR) is 37.0 cm³/mol. The molecule has 0 spiro atoms. The van der Waals surface area contributed by atoms with Gasteiger partial charge in [0.1, 0.15) is 24.5 Å². The van der Waals surface area contributed by atoms with Gasteiger partial charge in [-0.15, -0.1) is 0 Å². The smallest absolute Gasteiger partial charge is 0.169 e. The van der Waals surface area contributed by atoms with Gasteiger partial charge in [-0.05, 0) is 6.92 Å². The molecule has 11 heavy (non-hydrogen) atoms. The van der Waals surface area contributed by atoms with Crippen LogP contribution in [0.2, 0.25) is 0 Å².